The van der Waals surface area contributed by atoms with Crippen molar-refractivity contribution < 1.29 is 8.83 Å². The molecule has 0 saturated carbocycles. The maximum absolute atomic E-state index is 6.45. The average Bonchev–Trinajstić information content (AvgIpc) is 3.93. The van der Waals surface area contributed by atoms with Gasteiger partial charge in [0, 0.05) is 33.0 Å². The van der Waals surface area contributed by atoms with Gasteiger partial charge in [-0.25, -0.2) is 19.9 Å². The number of fused-ring (bicyclic) bond motifs is 6. The zero-order chi connectivity index (χ0) is 41.0. The first kappa shape index (κ1) is 35.5. The van der Waals surface area contributed by atoms with Crippen LogP contribution in [0, 0.1) is 0 Å². The van der Waals surface area contributed by atoms with E-state index >= 15 is 0 Å². The molecule has 6 heteroatoms. The first-order valence-electron chi connectivity index (χ1n) is 20.6. The molecular weight excluding hydrogens is 761 g/mol. The summed E-state index contributed by atoms with van der Waals surface area (Å²) in [5.74, 6) is 1.32. The second-order valence-electron chi connectivity index (χ2n) is 15.4. The topological polar surface area (TPSA) is 77.8 Å². The first-order chi connectivity index (χ1) is 30.7. The lowest BCUT2D eigenvalue weighted by atomic mass is 9.94. The van der Waals surface area contributed by atoms with Crippen molar-refractivity contribution in [1.82, 2.24) is 19.9 Å². The molecule has 6 nitrogen and oxygen atoms in total. The second-order valence-corrected chi connectivity index (χ2v) is 15.4. The molecule has 0 bridgehead atoms. The molecule has 0 aliphatic carbocycles. The van der Waals surface area contributed by atoms with E-state index in [9.17, 15) is 0 Å². The van der Waals surface area contributed by atoms with Crippen LogP contribution >= 0.6 is 0 Å². The smallest absolute Gasteiger partial charge is 0.180 e. The maximum Gasteiger partial charge on any atom is 0.180 e. The van der Waals surface area contributed by atoms with Crippen molar-refractivity contribution in [1.29, 1.82) is 0 Å². The van der Waals surface area contributed by atoms with E-state index in [2.05, 4.69) is 109 Å². The Morgan fingerprint density at radius 2 is 0.565 bits per heavy atom. The summed E-state index contributed by atoms with van der Waals surface area (Å²) in [6.07, 6.45) is 0. The molecule has 0 amide bonds. The van der Waals surface area contributed by atoms with Crippen LogP contribution in [0.25, 0.3) is 123 Å². The van der Waals surface area contributed by atoms with Crippen LogP contribution in [0.4, 0.5) is 0 Å². The molecule has 0 unspecified atom stereocenters. The monoisotopic (exact) mass is 794 g/mol. The molecule has 12 rings (SSSR count). The van der Waals surface area contributed by atoms with Crippen molar-refractivity contribution in [2.75, 3.05) is 0 Å². The SMILES string of the molecule is c1ccc(-c2nc(-c3cccc(-c4cccc(-c5cccc(-c6cccc(-c7nc(-c8ccccc8)nc8c7oc7ccccc78)c6)c5)c4)c3)c3oc4ccccc4c3n2)cc1. The lowest BCUT2D eigenvalue weighted by molar-refractivity contribution is 0.667. The van der Waals surface area contributed by atoms with Crippen LogP contribution in [0.3, 0.4) is 0 Å². The number of nitrogens with zero attached hydrogens (tertiary/aromatic N) is 4. The Labute approximate surface area is 356 Å². The largest absolute Gasteiger partial charge is 0.452 e. The fraction of sp³-hybridized carbons (Fsp3) is 0. The molecule has 4 aromatic heterocycles. The Balaban J connectivity index is 0.913. The molecule has 4 heterocycles. The van der Waals surface area contributed by atoms with Gasteiger partial charge in [-0.05, 0) is 81.9 Å². The van der Waals surface area contributed by atoms with Crippen molar-refractivity contribution in [3.63, 3.8) is 0 Å². The van der Waals surface area contributed by atoms with Crippen molar-refractivity contribution in [3.8, 4) is 78.7 Å². The molecule has 62 heavy (non-hydrogen) atoms. The molecule has 0 fully saturated rings. The van der Waals surface area contributed by atoms with E-state index in [1.807, 2.05) is 97.1 Å². The molecule has 0 saturated heterocycles. The fourth-order valence-electron chi connectivity index (χ4n) is 8.45. The van der Waals surface area contributed by atoms with Crippen LogP contribution in [0.15, 0.2) is 215 Å². The zero-order valence-corrected chi connectivity index (χ0v) is 33.2. The number of benzene rings is 8. The van der Waals surface area contributed by atoms with Crippen molar-refractivity contribution >= 4 is 44.1 Å². The molecule has 0 radical (unpaired) electrons. The van der Waals surface area contributed by atoms with Gasteiger partial charge in [0.2, 0.25) is 0 Å². The quantitative estimate of drug-likeness (QED) is 0.160. The van der Waals surface area contributed by atoms with Crippen LogP contribution < -0.4 is 0 Å². The highest BCUT2D eigenvalue weighted by Crippen LogP contribution is 2.39. The van der Waals surface area contributed by atoms with Gasteiger partial charge in [-0.1, -0.05) is 158 Å². The van der Waals surface area contributed by atoms with E-state index in [4.69, 9.17) is 28.8 Å². The molecule has 12 aromatic rings. The summed E-state index contributed by atoms with van der Waals surface area (Å²) in [7, 11) is 0. The Hall–Kier alpha value is -8.48. The van der Waals surface area contributed by atoms with Crippen molar-refractivity contribution in [2.45, 2.75) is 0 Å². The fourth-order valence-corrected chi connectivity index (χ4v) is 8.45. The van der Waals surface area contributed by atoms with Gasteiger partial charge in [0.05, 0.1) is 0 Å². The molecule has 8 aromatic carbocycles. The Morgan fingerprint density at radius 3 is 0.952 bits per heavy atom. The second kappa shape index (κ2) is 14.7. The minimum Gasteiger partial charge on any atom is -0.452 e. The van der Waals surface area contributed by atoms with Crippen molar-refractivity contribution in [2.24, 2.45) is 0 Å². The lowest BCUT2D eigenvalue weighted by Gasteiger charge is -2.11. The summed E-state index contributed by atoms with van der Waals surface area (Å²) in [6, 6.07) is 70.8. The number of aromatic nitrogens is 4. The standard InChI is InChI=1S/C56H34N4O2/c1-3-15-35(16-4-1)55-57-49(53-51(59-55)45-27-7-9-29-47(45)61-53)43-25-13-23-41(33-43)39-21-11-19-37(31-39)38-20-12-22-40(32-38)42-24-14-26-44(34-42)50-54-52(46-28-8-10-30-48(46)62-54)60-56(58-50)36-17-5-2-6-18-36/h1-34H. The van der Waals surface area contributed by atoms with Gasteiger partial charge in [-0.15, -0.1) is 0 Å². The maximum atomic E-state index is 6.45. The number of rotatable bonds is 7. The van der Waals surface area contributed by atoms with Gasteiger partial charge >= 0.3 is 0 Å². The molecule has 0 aliphatic rings. The van der Waals surface area contributed by atoms with Gasteiger partial charge in [-0.3, -0.25) is 0 Å². The molecule has 0 aliphatic heterocycles. The van der Waals surface area contributed by atoms with Gasteiger partial charge in [0.25, 0.3) is 0 Å². The summed E-state index contributed by atoms with van der Waals surface area (Å²) in [5.41, 5.74) is 16.5. The van der Waals surface area contributed by atoms with Crippen LogP contribution in [-0.4, -0.2) is 19.9 Å². The Bertz CT molecular complexity index is 3410. The van der Waals surface area contributed by atoms with Crippen molar-refractivity contribution in [3.05, 3.63) is 206 Å². The van der Waals surface area contributed by atoms with Gasteiger partial charge in [0.1, 0.15) is 33.6 Å². The Kier molecular flexibility index (Phi) is 8.38. The lowest BCUT2D eigenvalue weighted by Crippen LogP contribution is -1.94. The minimum absolute atomic E-state index is 0.661. The van der Waals surface area contributed by atoms with E-state index in [1.165, 1.54) is 0 Å². The summed E-state index contributed by atoms with van der Waals surface area (Å²) >= 11 is 0. The molecule has 0 spiro atoms. The summed E-state index contributed by atoms with van der Waals surface area (Å²) in [6.45, 7) is 0. The minimum atomic E-state index is 0.661. The molecule has 290 valence electrons. The zero-order valence-electron chi connectivity index (χ0n) is 33.2. The predicted octanol–water partition coefficient (Wildman–Crippen LogP) is 14.7. The van der Waals surface area contributed by atoms with Crippen LogP contribution in [0.1, 0.15) is 0 Å². The highest BCUT2D eigenvalue weighted by molar-refractivity contribution is 6.08. The molecular formula is C56H34N4O2. The molecule has 0 atom stereocenters. The van der Waals surface area contributed by atoms with Gasteiger partial charge < -0.3 is 8.83 Å². The number of furan rings is 2. The third kappa shape index (κ3) is 6.21. The highest BCUT2D eigenvalue weighted by Gasteiger charge is 2.20. The van der Waals surface area contributed by atoms with Gasteiger partial charge in [-0.2, -0.15) is 0 Å². The summed E-state index contributed by atoms with van der Waals surface area (Å²) in [5, 5.41) is 1.94. The van der Waals surface area contributed by atoms with E-state index in [0.717, 1.165) is 100.0 Å². The third-order valence-corrected chi connectivity index (χ3v) is 11.5. The predicted molar refractivity (Wildman–Crippen MR) is 250 cm³/mol. The summed E-state index contributed by atoms with van der Waals surface area (Å²) < 4.78 is 12.9. The number of hydrogen-bond donors (Lipinski definition) is 0. The van der Waals surface area contributed by atoms with Crippen LogP contribution in [-0.2, 0) is 0 Å². The third-order valence-electron chi connectivity index (χ3n) is 11.5. The number of hydrogen-bond acceptors (Lipinski definition) is 6. The van der Waals surface area contributed by atoms with E-state index in [-0.39, 0.29) is 0 Å². The van der Waals surface area contributed by atoms with E-state index in [1.54, 1.807) is 0 Å². The average molecular weight is 795 g/mol. The normalized spacial score (nSPS) is 11.5. The highest BCUT2D eigenvalue weighted by atomic mass is 16.3. The van der Waals surface area contributed by atoms with Gasteiger partial charge in [0.15, 0.2) is 22.8 Å². The van der Waals surface area contributed by atoms with E-state index < -0.39 is 0 Å². The first-order valence-corrected chi connectivity index (χ1v) is 20.6. The summed E-state index contributed by atoms with van der Waals surface area (Å²) in [4.78, 5) is 20.3. The van der Waals surface area contributed by atoms with Crippen LogP contribution in [0.2, 0.25) is 0 Å². The van der Waals surface area contributed by atoms with Crippen LogP contribution in [0.5, 0.6) is 0 Å². The van der Waals surface area contributed by atoms with E-state index in [0.29, 0.717) is 22.8 Å². The Morgan fingerprint density at radius 1 is 0.258 bits per heavy atom. The molecule has 0 N–H and O–H groups in total. The number of para-hydroxylation sites is 2.